The summed E-state index contributed by atoms with van der Waals surface area (Å²) >= 11 is 11.3. The van der Waals surface area contributed by atoms with Crippen molar-refractivity contribution in [1.29, 1.82) is 0 Å². The van der Waals surface area contributed by atoms with Crippen molar-refractivity contribution in [2.45, 2.75) is 51.9 Å². The number of hydrogen-bond acceptors (Lipinski definition) is 4. The fraction of sp³-hybridized carbons (Fsp3) is 0.364. The first-order chi connectivity index (χ1) is 13.6. The van der Waals surface area contributed by atoms with E-state index in [9.17, 15) is 4.79 Å². The van der Waals surface area contributed by atoms with Crippen molar-refractivity contribution in [1.82, 2.24) is 5.32 Å². The Morgan fingerprint density at radius 1 is 1.28 bits per heavy atom. The van der Waals surface area contributed by atoms with Crippen molar-refractivity contribution < 1.29 is 14.3 Å². The molecule has 0 saturated carbocycles. The molecule has 1 aliphatic rings. The number of halogens is 1. The third-order valence-electron chi connectivity index (χ3n) is 4.38. The van der Waals surface area contributed by atoms with E-state index >= 15 is 0 Å². The van der Waals surface area contributed by atoms with Crippen molar-refractivity contribution >= 4 is 40.6 Å². The molecule has 3 rings (SSSR count). The molecule has 0 bridgehead atoms. The first-order valence-corrected chi connectivity index (χ1v) is 10.2. The van der Waals surface area contributed by atoms with Crippen molar-refractivity contribution in [2.24, 2.45) is 0 Å². The van der Waals surface area contributed by atoms with Crippen LogP contribution >= 0.6 is 23.8 Å². The van der Waals surface area contributed by atoms with Gasteiger partial charge >= 0.3 is 6.09 Å². The zero-order chi connectivity index (χ0) is 21.2. The fourth-order valence-corrected chi connectivity index (χ4v) is 3.29. The number of thiocarbonyl (C=S) groups is 1. The molecular formula is C22H25ClN2O3S. The molecule has 1 heterocycles. The van der Waals surface area contributed by atoms with E-state index in [1.165, 1.54) is 0 Å². The second kappa shape index (κ2) is 8.59. The van der Waals surface area contributed by atoms with E-state index in [4.69, 9.17) is 33.3 Å². The average molecular weight is 433 g/mol. The molecule has 1 aliphatic heterocycles. The molecule has 5 nitrogen and oxygen atoms in total. The third-order valence-corrected chi connectivity index (χ3v) is 5.07. The number of carbonyl (C=O) groups excluding carboxylic acids is 1. The van der Waals surface area contributed by atoms with E-state index in [2.05, 4.69) is 10.6 Å². The van der Waals surface area contributed by atoms with Crippen LogP contribution in [0.3, 0.4) is 0 Å². The van der Waals surface area contributed by atoms with Gasteiger partial charge in [-0.15, -0.1) is 0 Å². The number of carbonyl (C=O) groups is 1. The number of nitrogens with one attached hydrogen (secondary N) is 2. The van der Waals surface area contributed by atoms with Gasteiger partial charge in [0.25, 0.3) is 0 Å². The van der Waals surface area contributed by atoms with Crippen LogP contribution in [0, 0.1) is 0 Å². The predicted molar refractivity (Wildman–Crippen MR) is 120 cm³/mol. The highest BCUT2D eigenvalue weighted by atomic mass is 35.5. The predicted octanol–water partition coefficient (Wildman–Crippen LogP) is 5.67. The number of rotatable bonds is 4. The molecule has 2 atom stereocenters. The van der Waals surface area contributed by atoms with Gasteiger partial charge in [0, 0.05) is 5.02 Å². The highest BCUT2D eigenvalue weighted by molar-refractivity contribution is 7.80. The van der Waals surface area contributed by atoms with Crippen LogP contribution in [-0.2, 0) is 11.2 Å². The number of benzene rings is 2. The molecule has 2 N–H and O–H groups in total. The Balaban J connectivity index is 1.87. The quantitative estimate of drug-likeness (QED) is 0.609. The molecule has 1 amide bonds. The van der Waals surface area contributed by atoms with Crippen molar-refractivity contribution in [2.75, 3.05) is 5.32 Å². The van der Waals surface area contributed by atoms with Crippen molar-refractivity contribution in [3.05, 3.63) is 58.6 Å². The fourth-order valence-electron chi connectivity index (χ4n) is 3.00. The zero-order valence-electron chi connectivity index (χ0n) is 16.9. The van der Waals surface area contributed by atoms with Gasteiger partial charge in [0.15, 0.2) is 0 Å². The summed E-state index contributed by atoms with van der Waals surface area (Å²) in [6.07, 6.45) is -0.0627. The summed E-state index contributed by atoms with van der Waals surface area (Å²) < 4.78 is 11.3. The first kappa shape index (κ1) is 21.4. The van der Waals surface area contributed by atoms with Crippen LogP contribution in [0.1, 0.15) is 44.9 Å². The maximum atomic E-state index is 12.5. The molecule has 0 aliphatic carbocycles. The van der Waals surface area contributed by atoms with Gasteiger partial charge in [0.1, 0.15) is 22.4 Å². The maximum Gasteiger partial charge on any atom is 0.408 e. The Labute approximate surface area is 181 Å². The lowest BCUT2D eigenvalue weighted by molar-refractivity contribution is 0.0503. The van der Waals surface area contributed by atoms with Gasteiger partial charge < -0.3 is 20.1 Å². The molecule has 0 saturated heterocycles. The maximum absolute atomic E-state index is 12.5. The monoisotopic (exact) mass is 432 g/mol. The number of amides is 1. The molecule has 2 aromatic carbocycles. The van der Waals surface area contributed by atoms with E-state index < -0.39 is 11.7 Å². The van der Waals surface area contributed by atoms with Crippen LogP contribution in [0.25, 0.3) is 0 Å². The molecule has 29 heavy (non-hydrogen) atoms. The molecule has 2 unspecified atom stereocenters. The SMILES string of the molecule is CC1Oc2ccc(C(Cc3ccc(Cl)cc3)NC(=O)OC(C)(C)C)cc2NC1=S. The van der Waals surface area contributed by atoms with Crippen molar-refractivity contribution in [3.8, 4) is 5.75 Å². The molecule has 2 aromatic rings. The molecule has 7 heteroatoms. The van der Waals surface area contributed by atoms with E-state index in [0.717, 1.165) is 22.6 Å². The van der Waals surface area contributed by atoms with E-state index in [1.54, 1.807) is 0 Å². The Morgan fingerprint density at radius 3 is 2.62 bits per heavy atom. The Morgan fingerprint density at radius 2 is 1.97 bits per heavy atom. The van der Waals surface area contributed by atoms with Gasteiger partial charge in [-0.1, -0.05) is 42.0 Å². The Hall–Kier alpha value is -2.31. The second-order valence-corrected chi connectivity index (χ2v) is 8.91. The van der Waals surface area contributed by atoms with Crippen LogP contribution in [0.5, 0.6) is 5.75 Å². The van der Waals surface area contributed by atoms with E-state index in [-0.39, 0.29) is 12.1 Å². The number of fused-ring (bicyclic) bond motifs is 1. The van der Waals surface area contributed by atoms with Crippen LogP contribution in [0.4, 0.5) is 10.5 Å². The van der Waals surface area contributed by atoms with Crippen LogP contribution in [0.15, 0.2) is 42.5 Å². The van der Waals surface area contributed by atoms with Gasteiger partial charge in [0.05, 0.1) is 11.7 Å². The Kier molecular flexibility index (Phi) is 6.34. The minimum Gasteiger partial charge on any atom is -0.481 e. The van der Waals surface area contributed by atoms with Gasteiger partial charge in [-0.3, -0.25) is 0 Å². The summed E-state index contributed by atoms with van der Waals surface area (Å²) in [6.45, 7) is 7.41. The molecule has 154 valence electrons. The summed E-state index contributed by atoms with van der Waals surface area (Å²) in [6, 6.07) is 13.1. The summed E-state index contributed by atoms with van der Waals surface area (Å²) in [4.78, 5) is 13.1. The van der Waals surface area contributed by atoms with Gasteiger partial charge in [-0.05, 0) is 69.5 Å². The lowest BCUT2D eigenvalue weighted by Gasteiger charge is -2.28. The third kappa shape index (κ3) is 5.84. The standard InChI is InChI=1S/C22H25ClN2O3S/c1-13-20(29)24-18-12-15(7-10-19(18)27-13)17(25-21(26)28-22(2,3)4)11-14-5-8-16(23)9-6-14/h5-10,12-13,17H,11H2,1-4H3,(H,24,29)(H,25,26). The van der Waals surface area contributed by atoms with Crippen molar-refractivity contribution in [3.63, 3.8) is 0 Å². The highest BCUT2D eigenvalue weighted by Gasteiger charge is 2.24. The molecule has 0 spiro atoms. The van der Waals surface area contributed by atoms with Crippen LogP contribution < -0.4 is 15.4 Å². The average Bonchev–Trinajstić information content (AvgIpc) is 2.62. The smallest absolute Gasteiger partial charge is 0.408 e. The summed E-state index contributed by atoms with van der Waals surface area (Å²) in [7, 11) is 0. The summed E-state index contributed by atoms with van der Waals surface area (Å²) in [5.74, 6) is 0.734. The number of hydrogen-bond donors (Lipinski definition) is 2. The number of ether oxygens (including phenoxy) is 2. The lowest BCUT2D eigenvalue weighted by Crippen LogP contribution is -2.36. The van der Waals surface area contributed by atoms with Crippen LogP contribution in [-0.4, -0.2) is 22.8 Å². The molecule has 0 fully saturated rings. The normalized spacial score (nSPS) is 16.9. The Bertz CT molecular complexity index is 909. The number of alkyl carbamates (subject to hydrolysis) is 1. The zero-order valence-corrected chi connectivity index (χ0v) is 18.5. The minimum atomic E-state index is -0.581. The van der Waals surface area contributed by atoms with Crippen LogP contribution in [0.2, 0.25) is 5.02 Å². The first-order valence-electron chi connectivity index (χ1n) is 9.46. The second-order valence-electron chi connectivity index (χ2n) is 8.03. The molecule has 0 aromatic heterocycles. The number of anilines is 1. The van der Waals surface area contributed by atoms with Gasteiger partial charge in [-0.2, -0.15) is 0 Å². The summed E-state index contributed by atoms with van der Waals surface area (Å²) in [5, 5.41) is 6.87. The van der Waals surface area contributed by atoms with Gasteiger partial charge in [-0.25, -0.2) is 4.79 Å². The topological polar surface area (TPSA) is 59.6 Å². The minimum absolute atomic E-state index is 0.173. The lowest BCUT2D eigenvalue weighted by atomic mass is 9.98. The van der Waals surface area contributed by atoms with E-state index in [0.29, 0.717) is 16.4 Å². The molecular weight excluding hydrogens is 408 g/mol. The molecule has 0 radical (unpaired) electrons. The van der Waals surface area contributed by atoms with Gasteiger partial charge in [0.2, 0.25) is 0 Å². The highest BCUT2D eigenvalue weighted by Crippen LogP contribution is 2.33. The largest absolute Gasteiger partial charge is 0.481 e. The van der Waals surface area contributed by atoms with E-state index in [1.807, 2.05) is 70.2 Å². The summed E-state index contributed by atoms with van der Waals surface area (Å²) in [5.41, 5.74) is 2.17.